The Bertz CT molecular complexity index is 1300. The van der Waals surface area contributed by atoms with Crippen LogP contribution in [0.15, 0.2) is 65.6 Å². The molecule has 0 saturated heterocycles. The normalized spacial score (nSPS) is 11.5. The van der Waals surface area contributed by atoms with E-state index in [1.54, 1.807) is 67.5 Å². The number of rotatable bonds is 10. The number of methoxy groups -OCH3 is 1. The van der Waals surface area contributed by atoms with Crippen LogP contribution in [-0.4, -0.2) is 53.6 Å². The van der Waals surface area contributed by atoms with Crippen molar-refractivity contribution in [2.75, 3.05) is 34.4 Å². The second kappa shape index (κ2) is 11.9. The van der Waals surface area contributed by atoms with Gasteiger partial charge in [0.15, 0.2) is 0 Å². The third-order valence-electron chi connectivity index (χ3n) is 5.17. The molecule has 0 fully saturated rings. The van der Waals surface area contributed by atoms with Gasteiger partial charge in [0.25, 0.3) is 5.91 Å². The Balaban J connectivity index is 1.83. The van der Waals surface area contributed by atoms with Gasteiger partial charge in [-0.05, 0) is 68.0 Å². The highest BCUT2D eigenvalue weighted by Gasteiger charge is 2.20. The molecule has 0 aromatic heterocycles. The van der Waals surface area contributed by atoms with Crippen LogP contribution >= 0.6 is 23.2 Å². The van der Waals surface area contributed by atoms with Gasteiger partial charge in [-0.3, -0.25) is 9.69 Å². The fourth-order valence-electron chi connectivity index (χ4n) is 3.38. The summed E-state index contributed by atoms with van der Waals surface area (Å²) < 4.78 is 34.2. The quantitative estimate of drug-likeness (QED) is 0.374. The van der Waals surface area contributed by atoms with Crippen LogP contribution in [0, 0.1) is 0 Å². The van der Waals surface area contributed by atoms with Crippen LogP contribution in [0.3, 0.4) is 0 Å². The van der Waals surface area contributed by atoms with Crippen LogP contribution in [0.25, 0.3) is 11.1 Å². The smallest absolute Gasteiger partial charge is 0.255 e. The molecule has 0 radical (unpaired) electrons. The molecule has 0 aliphatic rings. The van der Waals surface area contributed by atoms with E-state index in [-0.39, 0.29) is 17.5 Å². The molecule has 0 heterocycles. The van der Waals surface area contributed by atoms with E-state index in [9.17, 15) is 13.2 Å². The largest absolute Gasteiger partial charge is 0.496 e. The maximum atomic E-state index is 13.2. The first-order chi connectivity index (χ1) is 16.6. The number of halogens is 2. The summed E-state index contributed by atoms with van der Waals surface area (Å²) in [7, 11) is 1.22. The van der Waals surface area contributed by atoms with Crippen molar-refractivity contribution < 1.29 is 17.9 Å². The molecular weight excluding hydrogens is 509 g/mol. The monoisotopic (exact) mass is 535 g/mol. The molecule has 0 aliphatic heterocycles. The minimum Gasteiger partial charge on any atom is -0.496 e. The van der Waals surface area contributed by atoms with Crippen molar-refractivity contribution in [1.82, 2.24) is 14.9 Å². The van der Waals surface area contributed by atoms with Crippen molar-refractivity contribution in [2.24, 2.45) is 0 Å². The number of carbonyl (C=O) groups is 1. The van der Waals surface area contributed by atoms with Gasteiger partial charge in [0.2, 0.25) is 10.0 Å². The van der Waals surface area contributed by atoms with Crippen molar-refractivity contribution in [3.8, 4) is 16.9 Å². The Hall–Kier alpha value is -2.62. The number of nitrogens with one attached hydrogen (secondary N) is 2. The molecule has 35 heavy (non-hydrogen) atoms. The SMILES string of the molecule is COc1ccc(Cl)cc1C(=O)NCCc1ccc(-c2ccc(Cl)cc2)c(S(=O)(=O)NCN(C)C)c1. The lowest BCUT2D eigenvalue weighted by molar-refractivity contribution is 0.0951. The van der Waals surface area contributed by atoms with E-state index in [0.29, 0.717) is 39.9 Å². The standard InChI is InChI=1S/C25H27Cl2N3O4S/c1-30(2)16-29-35(32,33)24-14-17(4-10-21(24)18-5-7-19(26)8-6-18)12-13-28-25(31)22-15-20(27)9-11-23(22)34-3/h4-11,14-15,29H,12-13,16H2,1-3H3,(H,28,31). The summed E-state index contributed by atoms with van der Waals surface area (Å²) in [6.45, 7) is 0.448. The van der Waals surface area contributed by atoms with Gasteiger partial charge in [-0.15, -0.1) is 0 Å². The Morgan fingerprint density at radius 3 is 2.31 bits per heavy atom. The minimum atomic E-state index is -3.81. The molecule has 10 heteroatoms. The van der Waals surface area contributed by atoms with Crippen molar-refractivity contribution in [3.05, 3.63) is 81.8 Å². The third kappa shape index (κ3) is 7.19. The number of sulfonamides is 1. The zero-order chi connectivity index (χ0) is 25.6. The van der Waals surface area contributed by atoms with Gasteiger partial charge < -0.3 is 10.1 Å². The van der Waals surface area contributed by atoms with Crippen LogP contribution in [0.4, 0.5) is 0 Å². The highest BCUT2D eigenvalue weighted by atomic mass is 35.5. The molecule has 0 spiro atoms. The van der Waals surface area contributed by atoms with E-state index < -0.39 is 10.0 Å². The van der Waals surface area contributed by atoms with E-state index in [2.05, 4.69) is 10.0 Å². The number of ether oxygens (including phenoxy) is 1. The second-order valence-corrected chi connectivity index (χ2v) is 10.7. The Kier molecular flexibility index (Phi) is 9.15. The fraction of sp³-hybridized carbons (Fsp3) is 0.240. The average molecular weight is 536 g/mol. The predicted octanol–water partition coefficient (Wildman–Crippen LogP) is 4.44. The van der Waals surface area contributed by atoms with E-state index in [0.717, 1.165) is 11.1 Å². The van der Waals surface area contributed by atoms with Gasteiger partial charge in [-0.2, -0.15) is 4.72 Å². The molecule has 3 aromatic carbocycles. The summed E-state index contributed by atoms with van der Waals surface area (Å²) in [5, 5.41) is 3.82. The molecule has 0 aliphatic carbocycles. The molecule has 0 unspecified atom stereocenters. The number of hydrogen-bond donors (Lipinski definition) is 2. The first-order valence-corrected chi connectivity index (χ1v) is 13.0. The first-order valence-electron chi connectivity index (χ1n) is 10.8. The summed E-state index contributed by atoms with van der Waals surface area (Å²) in [6.07, 6.45) is 0.422. The molecule has 0 atom stereocenters. The fourth-order valence-corrected chi connectivity index (χ4v) is 5.04. The molecule has 186 valence electrons. The van der Waals surface area contributed by atoms with Crippen LogP contribution < -0.4 is 14.8 Å². The molecule has 3 aromatic rings. The first kappa shape index (κ1) is 27.0. The van der Waals surface area contributed by atoms with E-state index in [1.807, 2.05) is 6.07 Å². The van der Waals surface area contributed by atoms with Gasteiger partial charge in [-0.25, -0.2) is 8.42 Å². The van der Waals surface area contributed by atoms with Gasteiger partial charge in [0.1, 0.15) is 5.75 Å². The Morgan fingerprint density at radius 1 is 0.971 bits per heavy atom. The summed E-state index contributed by atoms with van der Waals surface area (Å²) >= 11 is 12.0. The van der Waals surface area contributed by atoms with Crippen molar-refractivity contribution in [3.63, 3.8) is 0 Å². The molecular formula is C25H27Cl2N3O4S. The van der Waals surface area contributed by atoms with Crippen molar-refractivity contribution >= 4 is 39.1 Å². The van der Waals surface area contributed by atoms with E-state index in [4.69, 9.17) is 27.9 Å². The predicted molar refractivity (Wildman–Crippen MR) is 140 cm³/mol. The van der Waals surface area contributed by atoms with Gasteiger partial charge >= 0.3 is 0 Å². The maximum Gasteiger partial charge on any atom is 0.255 e. The van der Waals surface area contributed by atoms with Gasteiger partial charge in [0, 0.05) is 22.2 Å². The van der Waals surface area contributed by atoms with Gasteiger partial charge in [0.05, 0.1) is 24.2 Å². The summed E-state index contributed by atoms with van der Waals surface area (Å²) in [5.41, 5.74) is 2.37. The summed E-state index contributed by atoms with van der Waals surface area (Å²) in [5.74, 6) is 0.0854. The zero-order valence-corrected chi connectivity index (χ0v) is 22.0. The molecule has 1 amide bonds. The van der Waals surface area contributed by atoms with Crippen LogP contribution in [-0.2, 0) is 16.4 Å². The van der Waals surface area contributed by atoms with Crippen molar-refractivity contribution in [1.29, 1.82) is 0 Å². The van der Waals surface area contributed by atoms with Crippen molar-refractivity contribution in [2.45, 2.75) is 11.3 Å². The lowest BCUT2D eigenvalue weighted by Gasteiger charge is -2.16. The Morgan fingerprint density at radius 2 is 1.66 bits per heavy atom. The maximum absolute atomic E-state index is 13.2. The number of benzene rings is 3. The molecule has 3 rings (SSSR count). The number of nitrogens with zero attached hydrogens (tertiary/aromatic N) is 1. The Labute approximate surface area is 216 Å². The van der Waals surface area contributed by atoms with Crippen LogP contribution in [0.2, 0.25) is 10.0 Å². The second-order valence-electron chi connectivity index (χ2n) is 8.07. The van der Waals surface area contributed by atoms with E-state index in [1.165, 1.54) is 13.2 Å². The lowest BCUT2D eigenvalue weighted by atomic mass is 10.0. The van der Waals surface area contributed by atoms with Crippen LogP contribution in [0.1, 0.15) is 15.9 Å². The number of carbonyl (C=O) groups excluding carboxylic acids is 1. The average Bonchev–Trinajstić information content (AvgIpc) is 2.83. The number of amides is 1. The molecule has 2 N–H and O–H groups in total. The molecule has 0 bridgehead atoms. The molecule has 0 saturated carbocycles. The number of hydrogen-bond acceptors (Lipinski definition) is 5. The van der Waals surface area contributed by atoms with Gasteiger partial charge in [-0.1, -0.05) is 47.5 Å². The third-order valence-corrected chi connectivity index (χ3v) is 7.08. The zero-order valence-electron chi connectivity index (χ0n) is 19.6. The minimum absolute atomic E-state index is 0.155. The summed E-state index contributed by atoms with van der Waals surface area (Å²) in [4.78, 5) is 14.5. The molecule has 7 nitrogen and oxygen atoms in total. The highest BCUT2D eigenvalue weighted by molar-refractivity contribution is 7.89. The highest BCUT2D eigenvalue weighted by Crippen LogP contribution is 2.30. The van der Waals surface area contributed by atoms with E-state index >= 15 is 0 Å². The summed E-state index contributed by atoms with van der Waals surface area (Å²) in [6, 6.07) is 17.1. The van der Waals surface area contributed by atoms with Crippen LogP contribution in [0.5, 0.6) is 5.75 Å². The lowest BCUT2D eigenvalue weighted by Crippen LogP contribution is -2.33. The topological polar surface area (TPSA) is 87.7 Å².